The van der Waals surface area contributed by atoms with Crippen LogP contribution in [0.15, 0.2) is 0 Å². The summed E-state index contributed by atoms with van der Waals surface area (Å²) in [6.45, 7) is 7.02. The van der Waals surface area contributed by atoms with Crippen molar-refractivity contribution in [2.45, 2.75) is 45.5 Å². The van der Waals surface area contributed by atoms with E-state index in [4.69, 9.17) is 13.8 Å². The Kier molecular flexibility index (Phi) is 6.16. The molecule has 6 nitrogen and oxygen atoms in total. The number of hydrogen-bond donors (Lipinski definition) is 1. The van der Waals surface area contributed by atoms with Crippen molar-refractivity contribution in [3.63, 3.8) is 0 Å². The number of rotatable bonds is 5. The molecule has 0 unspecified atom stereocenters. The third-order valence-corrected chi connectivity index (χ3v) is 4.24. The number of alkyl carbamates (subject to hydrolysis) is 1. The smallest absolute Gasteiger partial charge is 0.408 e. The van der Waals surface area contributed by atoms with Crippen LogP contribution in [-0.4, -0.2) is 31.7 Å². The van der Waals surface area contributed by atoms with Gasteiger partial charge in [-0.25, -0.2) is 4.79 Å². The maximum atomic E-state index is 12.1. The molecule has 7 heteroatoms. The molecule has 0 saturated carbocycles. The third-order valence-electron chi connectivity index (χ3n) is 1.96. The van der Waals surface area contributed by atoms with E-state index in [1.807, 2.05) is 0 Å². The highest BCUT2D eigenvalue weighted by molar-refractivity contribution is 7.54. The van der Waals surface area contributed by atoms with Crippen LogP contribution in [-0.2, 0) is 18.3 Å². The van der Waals surface area contributed by atoms with Gasteiger partial charge in [0.05, 0.1) is 0 Å². The van der Waals surface area contributed by atoms with Gasteiger partial charge in [0.2, 0.25) is 0 Å². The molecule has 0 heterocycles. The number of hydrogen-bond acceptors (Lipinski definition) is 5. The summed E-state index contributed by atoms with van der Waals surface area (Å²) in [4.78, 5) is 11.5. The first-order valence-electron chi connectivity index (χ1n) is 5.39. The van der Waals surface area contributed by atoms with E-state index in [1.165, 1.54) is 14.2 Å². The van der Waals surface area contributed by atoms with Crippen LogP contribution in [0.4, 0.5) is 4.79 Å². The van der Waals surface area contributed by atoms with E-state index in [-0.39, 0.29) is 0 Å². The van der Waals surface area contributed by atoms with Crippen LogP contribution in [0.3, 0.4) is 0 Å². The Labute approximate surface area is 103 Å². The Bertz CT molecular complexity index is 292. The van der Waals surface area contributed by atoms with E-state index in [1.54, 1.807) is 27.7 Å². The number of amides is 1. The van der Waals surface area contributed by atoms with Crippen molar-refractivity contribution in [1.82, 2.24) is 5.32 Å². The van der Waals surface area contributed by atoms with Crippen molar-refractivity contribution >= 4 is 13.7 Å². The fourth-order valence-electron chi connectivity index (χ4n) is 1.18. The predicted octanol–water partition coefficient (Wildman–Crippen LogP) is 2.73. The Balaban J connectivity index is 4.62. The minimum atomic E-state index is -3.32. The van der Waals surface area contributed by atoms with Gasteiger partial charge in [-0.1, -0.05) is 6.92 Å². The lowest BCUT2D eigenvalue weighted by atomic mass is 10.2. The summed E-state index contributed by atoms with van der Waals surface area (Å²) in [5.74, 6) is -0.715. The largest absolute Gasteiger partial charge is 0.444 e. The zero-order valence-electron chi connectivity index (χ0n) is 11.3. The second kappa shape index (κ2) is 6.38. The molecule has 102 valence electrons. The van der Waals surface area contributed by atoms with Gasteiger partial charge in [-0.3, -0.25) is 4.57 Å². The van der Waals surface area contributed by atoms with Crippen molar-refractivity contribution in [2.24, 2.45) is 0 Å². The van der Waals surface area contributed by atoms with E-state index in [9.17, 15) is 9.36 Å². The molecule has 0 rings (SSSR count). The van der Waals surface area contributed by atoms with Crippen LogP contribution >= 0.6 is 7.60 Å². The van der Waals surface area contributed by atoms with Gasteiger partial charge in [0, 0.05) is 14.2 Å². The fourth-order valence-corrected chi connectivity index (χ4v) is 2.55. The summed E-state index contributed by atoms with van der Waals surface area (Å²) in [6, 6.07) is 0. The molecule has 0 aliphatic heterocycles. The second-order valence-electron chi connectivity index (χ2n) is 4.48. The first kappa shape index (κ1) is 16.4. The molecule has 1 N–H and O–H groups in total. The van der Waals surface area contributed by atoms with Crippen molar-refractivity contribution in [3.8, 4) is 0 Å². The Morgan fingerprint density at radius 2 is 1.76 bits per heavy atom. The first-order chi connectivity index (χ1) is 7.68. The van der Waals surface area contributed by atoms with Crippen LogP contribution < -0.4 is 5.32 Å². The molecule has 0 aromatic carbocycles. The highest BCUT2D eigenvalue weighted by Crippen LogP contribution is 2.51. The molecule has 0 radical (unpaired) electrons. The van der Waals surface area contributed by atoms with Gasteiger partial charge in [-0.05, 0) is 27.2 Å². The molecule has 0 aromatic rings. The second-order valence-corrected chi connectivity index (χ2v) is 6.91. The molecule has 0 aliphatic rings. The van der Waals surface area contributed by atoms with Crippen molar-refractivity contribution in [3.05, 3.63) is 0 Å². The molecule has 0 saturated heterocycles. The van der Waals surface area contributed by atoms with Gasteiger partial charge in [0.15, 0.2) is 0 Å². The van der Waals surface area contributed by atoms with Gasteiger partial charge in [0.25, 0.3) is 0 Å². The van der Waals surface area contributed by atoms with Crippen LogP contribution in [0.25, 0.3) is 0 Å². The summed E-state index contributed by atoms with van der Waals surface area (Å²) in [5.41, 5.74) is -0.605. The Hall–Kier alpha value is -0.580. The Morgan fingerprint density at radius 3 is 2.06 bits per heavy atom. The zero-order chi connectivity index (χ0) is 13.7. The predicted molar refractivity (Wildman–Crippen MR) is 65.1 cm³/mol. The zero-order valence-corrected chi connectivity index (χ0v) is 12.2. The molecule has 0 aliphatic carbocycles. The molecule has 1 atom stereocenters. The summed E-state index contributed by atoms with van der Waals surface area (Å²) in [6.07, 6.45) is -0.225. The van der Waals surface area contributed by atoms with Crippen molar-refractivity contribution in [1.29, 1.82) is 0 Å². The average molecular weight is 267 g/mol. The van der Waals surface area contributed by atoms with Crippen molar-refractivity contribution < 1.29 is 23.1 Å². The molecule has 0 aromatic heterocycles. The number of carbonyl (C=O) groups excluding carboxylic acids is 1. The summed E-state index contributed by atoms with van der Waals surface area (Å²) in [5, 5.41) is 2.49. The standard InChI is InChI=1S/C10H22NO5P/c1-7-8(17(13,14-5)15-6)11-9(12)16-10(2,3)4/h8H,7H2,1-6H3,(H,11,12)/t8-/m1/s1. The number of carbonyl (C=O) groups is 1. The minimum absolute atomic E-state index is 0.415. The maximum Gasteiger partial charge on any atom is 0.408 e. The van der Waals surface area contributed by atoms with E-state index in [2.05, 4.69) is 5.32 Å². The van der Waals surface area contributed by atoms with Crippen LogP contribution in [0.5, 0.6) is 0 Å². The quantitative estimate of drug-likeness (QED) is 0.775. The van der Waals surface area contributed by atoms with Gasteiger partial charge in [0.1, 0.15) is 11.4 Å². The molecule has 0 bridgehead atoms. The maximum absolute atomic E-state index is 12.1. The van der Waals surface area contributed by atoms with Gasteiger partial charge in [-0.15, -0.1) is 0 Å². The average Bonchev–Trinajstić information content (AvgIpc) is 2.22. The van der Waals surface area contributed by atoms with Gasteiger partial charge in [-0.2, -0.15) is 0 Å². The molecule has 1 amide bonds. The van der Waals surface area contributed by atoms with Gasteiger partial charge >= 0.3 is 13.7 Å². The van der Waals surface area contributed by atoms with E-state index in [0.29, 0.717) is 6.42 Å². The lowest BCUT2D eigenvalue weighted by Gasteiger charge is -2.26. The monoisotopic (exact) mass is 267 g/mol. The van der Waals surface area contributed by atoms with Gasteiger partial charge < -0.3 is 19.1 Å². The lowest BCUT2D eigenvalue weighted by Crippen LogP contribution is -2.39. The molecular formula is C10H22NO5P. The summed E-state index contributed by atoms with van der Waals surface area (Å²) >= 11 is 0. The molecule has 0 spiro atoms. The molecule has 17 heavy (non-hydrogen) atoms. The highest BCUT2D eigenvalue weighted by atomic mass is 31.2. The fraction of sp³-hybridized carbons (Fsp3) is 0.900. The Morgan fingerprint density at radius 1 is 1.29 bits per heavy atom. The SMILES string of the molecule is CC[C@H](NC(=O)OC(C)(C)C)P(=O)(OC)OC. The number of ether oxygens (including phenoxy) is 1. The van der Waals surface area contributed by atoms with Crippen LogP contribution in [0.1, 0.15) is 34.1 Å². The van der Waals surface area contributed by atoms with Crippen LogP contribution in [0, 0.1) is 0 Å². The topological polar surface area (TPSA) is 73.9 Å². The van der Waals surface area contributed by atoms with Crippen LogP contribution in [0.2, 0.25) is 0 Å². The molecule has 0 fully saturated rings. The summed E-state index contributed by atoms with van der Waals surface area (Å²) < 4.78 is 26.8. The number of nitrogens with one attached hydrogen (secondary N) is 1. The van der Waals surface area contributed by atoms with E-state index < -0.39 is 25.1 Å². The normalized spacial score (nSPS) is 14.2. The molecular weight excluding hydrogens is 245 g/mol. The van der Waals surface area contributed by atoms with Crippen molar-refractivity contribution in [2.75, 3.05) is 14.2 Å². The van der Waals surface area contributed by atoms with E-state index >= 15 is 0 Å². The lowest BCUT2D eigenvalue weighted by molar-refractivity contribution is 0.0511. The first-order valence-corrected chi connectivity index (χ1v) is 7.00. The third kappa shape index (κ3) is 5.52. The summed E-state index contributed by atoms with van der Waals surface area (Å²) in [7, 11) is -0.760. The highest BCUT2D eigenvalue weighted by Gasteiger charge is 2.34. The van der Waals surface area contributed by atoms with E-state index in [0.717, 1.165) is 0 Å². The minimum Gasteiger partial charge on any atom is -0.444 e.